The lowest BCUT2D eigenvalue weighted by Crippen LogP contribution is -2.41. The Morgan fingerprint density at radius 3 is 2.70 bits per heavy atom. The Morgan fingerprint density at radius 2 is 2.10 bits per heavy atom. The number of aromatic nitrogens is 3. The van der Waals surface area contributed by atoms with Gasteiger partial charge in [0.25, 0.3) is 0 Å². The summed E-state index contributed by atoms with van der Waals surface area (Å²) in [5.41, 5.74) is 0.992. The molecule has 0 spiro atoms. The van der Waals surface area contributed by atoms with E-state index in [0.29, 0.717) is 6.04 Å². The average Bonchev–Trinajstić information content (AvgIpc) is 3.05. The first kappa shape index (κ1) is 13.2. The van der Waals surface area contributed by atoms with E-state index >= 15 is 0 Å². The lowest BCUT2D eigenvalue weighted by atomic mass is 10.1. The molecular weight excluding hydrogens is 254 g/mol. The zero-order valence-electron chi connectivity index (χ0n) is 12.2. The number of hydrogen-bond donors (Lipinski definition) is 2. The van der Waals surface area contributed by atoms with Gasteiger partial charge in [-0.3, -0.25) is 5.10 Å². The molecule has 3 heterocycles. The van der Waals surface area contributed by atoms with Gasteiger partial charge in [0.2, 0.25) is 5.95 Å². The van der Waals surface area contributed by atoms with E-state index in [1.165, 1.54) is 0 Å². The van der Waals surface area contributed by atoms with E-state index in [0.717, 1.165) is 54.8 Å². The average molecular weight is 275 g/mol. The molecular formula is C14H21N5O. The monoisotopic (exact) mass is 275 g/mol. The summed E-state index contributed by atoms with van der Waals surface area (Å²) in [7, 11) is 2.02. The maximum Gasteiger partial charge on any atom is 0.245 e. The third-order valence-corrected chi connectivity index (χ3v) is 3.96. The van der Waals surface area contributed by atoms with Crippen molar-refractivity contribution < 1.29 is 4.42 Å². The Morgan fingerprint density at radius 1 is 1.35 bits per heavy atom. The molecule has 2 aromatic rings. The van der Waals surface area contributed by atoms with Crippen LogP contribution in [0.2, 0.25) is 0 Å². The zero-order chi connectivity index (χ0) is 14.1. The molecule has 2 N–H and O–H groups in total. The Balaban J connectivity index is 1.76. The molecule has 6 heteroatoms. The second-order valence-corrected chi connectivity index (χ2v) is 5.36. The van der Waals surface area contributed by atoms with Gasteiger partial charge >= 0.3 is 0 Å². The van der Waals surface area contributed by atoms with E-state index in [2.05, 4.69) is 25.4 Å². The predicted octanol–water partition coefficient (Wildman–Crippen LogP) is 1.87. The highest BCUT2D eigenvalue weighted by Crippen LogP contribution is 2.25. The van der Waals surface area contributed by atoms with Gasteiger partial charge < -0.3 is 14.6 Å². The van der Waals surface area contributed by atoms with E-state index in [9.17, 15) is 0 Å². The van der Waals surface area contributed by atoms with Crippen LogP contribution in [-0.4, -0.2) is 41.4 Å². The van der Waals surface area contributed by atoms with Gasteiger partial charge in [-0.1, -0.05) is 0 Å². The van der Waals surface area contributed by atoms with Crippen LogP contribution in [0.25, 0.3) is 11.4 Å². The number of furan rings is 1. The number of rotatable bonds is 3. The SMILES string of the molecule is CNC1CCN(c2n[nH]c(-c3cc(C)oc3C)n2)CC1. The van der Waals surface area contributed by atoms with E-state index < -0.39 is 0 Å². The molecule has 1 aliphatic heterocycles. The maximum atomic E-state index is 5.54. The standard InChI is InChI=1S/C14H21N5O/c1-9-8-12(10(2)20-9)13-16-14(18-17-13)19-6-4-11(15-3)5-7-19/h8,11,15H,4-7H2,1-3H3,(H,16,17,18). The molecule has 20 heavy (non-hydrogen) atoms. The molecule has 0 aromatic carbocycles. The lowest BCUT2D eigenvalue weighted by molar-refractivity contribution is 0.439. The minimum atomic E-state index is 0.614. The van der Waals surface area contributed by atoms with E-state index in [4.69, 9.17) is 4.42 Å². The van der Waals surface area contributed by atoms with Gasteiger partial charge in [0.05, 0.1) is 5.56 Å². The van der Waals surface area contributed by atoms with Crippen LogP contribution < -0.4 is 10.2 Å². The fourth-order valence-corrected chi connectivity index (χ4v) is 2.75. The smallest absolute Gasteiger partial charge is 0.245 e. The van der Waals surface area contributed by atoms with Gasteiger partial charge in [0.1, 0.15) is 11.5 Å². The van der Waals surface area contributed by atoms with Crippen molar-refractivity contribution in [2.24, 2.45) is 0 Å². The minimum absolute atomic E-state index is 0.614. The number of nitrogens with zero attached hydrogens (tertiary/aromatic N) is 3. The Labute approximate surface area is 118 Å². The molecule has 1 aliphatic rings. The molecule has 0 aliphatic carbocycles. The van der Waals surface area contributed by atoms with Crippen LogP contribution in [0.3, 0.4) is 0 Å². The summed E-state index contributed by atoms with van der Waals surface area (Å²) in [5, 5.41) is 10.7. The van der Waals surface area contributed by atoms with Crippen molar-refractivity contribution in [2.45, 2.75) is 32.7 Å². The molecule has 0 radical (unpaired) electrons. The third-order valence-electron chi connectivity index (χ3n) is 3.96. The van der Waals surface area contributed by atoms with Crippen LogP contribution >= 0.6 is 0 Å². The molecule has 1 saturated heterocycles. The van der Waals surface area contributed by atoms with E-state index in [1.807, 2.05) is 27.0 Å². The Kier molecular flexibility index (Phi) is 3.48. The van der Waals surface area contributed by atoms with Gasteiger partial charge in [0.15, 0.2) is 5.82 Å². The molecule has 1 fully saturated rings. The van der Waals surface area contributed by atoms with Gasteiger partial charge in [-0.15, -0.1) is 5.10 Å². The maximum absolute atomic E-state index is 5.54. The second kappa shape index (κ2) is 5.28. The molecule has 0 unspecified atom stereocenters. The summed E-state index contributed by atoms with van der Waals surface area (Å²) < 4.78 is 5.54. The fraction of sp³-hybridized carbons (Fsp3) is 0.571. The van der Waals surface area contributed by atoms with Crippen molar-refractivity contribution in [3.63, 3.8) is 0 Å². The van der Waals surface area contributed by atoms with E-state index in [-0.39, 0.29) is 0 Å². The highest BCUT2D eigenvalue weighted by Gasteiger charge is 2.21. The Bertz CT molecular complexity index is 580. The Hall–Kier alpha value is -1.82. The molecule has 108 valence electrons. The third kappa shape index (κ3) is 2.43. The largest absolute Gasteiger partial charge is 0.466 e. The minimum Gasteiger partial charge on any atom is -0.466 e. The van der Waals surface area contributed by atoms with Crippen molar-refractivity contribution in [2.75, 3.05) is 25.0 Å². The van der Waals surface area contributed by atoms with Gasteiger partial charge in [-0.2, -0.15) is 4.98 Å². The number of piperidine rings is 1. The molecule has 0 bridgehead atoms. The lowest BCUT2D eigenvalue weighted by Gasteiger charge is -2.30. The summed E-state index contributed by atoms with van der Waals surface area (Å²) in [6, 6.07) is 2.61. The van der Waals surface area contributed by atoms with Crippen LogP contribution in [0, 0.1) is 13.8 Å². The normalized spacial score (nSPS) is 16.9. The number of anilines is 1. The summed E-state index contributed by atoms with van der Waals surface area (Å²) in [6.45, 7) is 5.87. The quantitative estimate of drug-likeness (QED) is 0.895. The van der Waals surface area contributed by atoms with Crippen molar-refractivity contribution in [1.29, 1.82) is 0 Å². The molecule has 6 nitrogen and oxygen atoms in total. The van der Waals surface area contributed by atoms with Gasteiger partial charge in [-0.25, -0.2) is 0 Å². The topological polar surface area (TPSA) is 70.0 Å². The summed E-state index contributed by atoms with van der Waals surface area (Å²) in [6.07, 6.45) is 2.26. The van der Waals surface area contributed by atoms with Crippen LogP contribution in [0.5, 0.6) is 0 Å². The number of nitrogens with one attached hydrogen (secondary N) is 2. The summed E-state index contributed by atoms with van der Waals surface area (Å²) in [5.74, 6) is 3.34. The number of aromatic amines is 1. The highest BCUT2D eigenvalue weighted by atomic mass is 16.3. The van der Waals surface area contributed by atoms with E-state index in [1.54, 1.807) is 0 Å². The zero-order valence-corrected chi connectivity index (χ0v) is 12.2. The van der Waals surface area contributed by atoms with Crippen molar-refractivity contribution in [3.8, 4) is 11.4 Å². The first-order chi connectivity index (χ1) is 9.67. The van der Waals surface area contributed by atoms with Crippen LogP contribution in [0.4, 0.5) is 5.95 Å². The molecule has 2 aromatic heterocycles. The number of H-pyrrole nitrogens is 1. The molecule has 3 rings (SSSR count). The molecule has 0 saturated carbocycles. The molecule has 0 atom stereocenters. The predicted molar refractivity (Wildman–Crippen MR) is 77.9 cm³/mol. The number of hydrogen-bond acceptors (Lipinski definition) is 5. The second-order valence-electron chi connectivity index (χ2n) is 5.36. The van der Waals surface area contributed by atoms with Crippen molar-refractivity contribution >= 4 is 5.95 Å². The first-order valence-electron chi connectivity index (χ1n) is 7.09. The van der Waals surface area contributed by atoms with Crippen LogP contribution in [-0.2, 0) is 0 Å². The summed E-state index contributed by atoms with van der Waals surface area (Å²) >= 11 is 0. The highest BCUT2D eigenvalue weighted by molar-refractivity contribution is 5.59. The van der Waals surface area contributed by atoms with Crippen LogP contribution in [0.1, 0.15) is 24.4 Å². The van der Waals surface area contributed by atoms with Gasteiger partial charge in [-0.05, 0) is 39.8 Å². The van der Waals surface area contributed by atoms with Gasteiger partial charge in [0, 0.05) is 19.1 Å². The van der Waals surface area contributed by atoms with Crippen LogP contribution in [0.15, 0.2) is 10.5 Å². The number of aryl methyl sites for hydroxylation is 2. The summed E-state index contributed by atoms with van der Waals surface area (Å²) in [4.78, 5) is 6.84. The first-order valence-corrected chi connectivity index (χ1v) is 7.09. The van der Waals surface area contributed by atoms with Crippen molar-refractivity contribution in [3.05, 3.63) is 17.6 Å². The fourth-order valence-electron chi connectivity index (χ4n) is 2.75. The molecule has 0 amide bonds. The van der Waals surface area contributed by atoms with Crippen molar-refractivity contribution in [1.82, 2.24) is 20.5 Å².